The molecule has 1 saturated heterocycles. The number of benzene rings is 2. The van der Waals surface area contributed by atoms with Crippen LogP contribution in [0.2, 0.25) is 10.0 Å². The lowest BCUT2D eigenvalue weighted by atomic mass is 10.1. The van der Waals surface area contributed by atoms with Crippen molar-refractivity contribution in [3.63, 3.8) is 0 Å². The minimum Gasteiger partial charge on any atom is -0.493 e. The SMILES string of the molecule is COc1ccc(N2CCN(C(=O)c3ccc(Cl)cc3Cl)C(C)C2=O)cc1OC. The third-order valence-electron chi connectivity index (χ3n) is 4.76. The second-order valence-corrected chi connectivity index (χ2v) is 7.17. The molecule has 2 aromatic carbocycles. The number of anilines is 1. The molecule has 1 atom stereocenters. The molecule has 148 valence electrons. The molecule has 1 unspecified atom stereocenters. The highest BCUT2D eigenvalue weighted by atomic mass is 35.5. The standard InChI is InChI=1S/C20H20Cl2N2O4/c1-12-19(25)24(14-5-7-17(27-2)18(11-14)28-3)9-8-23(12)20(26)15-6-4-13(21)10-16(15)22/h4-7,10-12H,8-9H2,1-3H3. The van der Waals surface area contributed by atoms with E-state index in [4.69, 9.17) is 32.7 Å². The lowest BCUT2D eigenvalue weighted by Crippen LogP contribution is -2.57. The van der Waals surface area contributed by atoms with Crippen LogP contribution in [0.3, 0.4) is 0 Å². The number of carbonyl (C=O) groups is 2. The molecule has 0 aliphatic carbocycles. The van der Waals surface area contributed by atoms with Crippen molar-refractivity contribution in [1.29, 1.82) is 0 Å². The van der Waals surface area contributed by atoms with Crippen molar-refractivity contribution in [2.75, 3.05) is 32.2 Å². The Morgan fingerprint density at radius 3 is 2.39 bits per heavy atom. The molecule has 0 N–H and O–H groups in total. The smallest absolute Gasteiger partial charge is 0.256 e. The van der Waals surface area contributed by atoms with Gasteiger partial charge in [-0.05, 0) is 37.3 Å². The van der Waals surface area contributed by atoms with Crippen LogP contribution in [0.5, 0.6) is 11.5 Å². The molecular weight excluding hydrogens is 403 g/mol. The summed E-state index contributed by atoms with van der Waals surface area (Å²) >= 11 is 12.1. The summed E-state index contributed by atoms with van der Waals surface area (Å²) in [4.78, 5) is 29.0. The summed E-state index contributed by atoms with van der Waals surface area (Å²) in [5.74, 6) is 0.635. The molecule has 28 heavy (non-hydrogen) atoms. The number of halogens is 2. The Bertz CT molecular complexity index is 919. The van der Waals surface area contributed by atoms with Crippen molar-refractivity contribution in [3.8, 4) is 11.5 Å². The van der Waals surface area contributed by atoms with Gasteiger partial charge in [-0.3, -0.25) is 9.59 Å². The first kappa shape index (κ1) is 20.3. The van der Waals surface area contributed by atoms with Gasteiger partial charge in [-0.1, -0.05) is 23.2 Å². The fourth-order valence-corrected chi connectivity index (χ4v) is 3.70. The van der Waals surface area contributed by atoms with Crippen LogP contribution in [-0.2, 0) is 4.79 Å². The zero-order valence-electron chi connectivity index (χ0n) is 15.7. The summed E-state index contributed by atoms with van der Waals surface area (Å²) in [6.07, 6.45) is 0. The number of carbonyl (C=O) groups excluding carboxylic acids is 2. The van der Waals surface area contributed by atoms with Crippen molar-refractivity contribution in [2.24, 2.45) is 0 Å². The van der Waals surface area contributed by atoms with E-state index in [1.165, 1.54) is 11.0 Å². The molecule has 1 aliphatic rings. The van der Waals surface area contributed by atoms with Gasteiger partial charge < -0.3 is 19.3 Å². The lowest BCUT2D eigenvalue weighted by molar-refractivity contribution is -0.124. The maximum absolute atomic E-state index is 13.0. The third-order valence-corrected chi connectivity index (χ3v) is 5.30. The average Bonchev–Trinajstić information content (AvgIpc) is 2.69. The quantitative estimate of drug-likeness (QED) is 0.749. The predicted molar refractivity (Wildman–Crippen MR) is 109 cm³/mol. The molecule has 2 aromatic rings. The zero-order valence-corrected chi connectivity index (χ0v) is 17.3. The molecule has 1 aliphatic heterocycles. The molecule has 6 nitrogen and oxygen atoms in total. The lowest BCUT2D eigenvalue weighted by Gasteiger charge is -2.39. The van der Waals surface area contributed by atoms with Crippen LogP contribution < -0.4 is 14.4 Å². The summed E-state index contributed by atoms with van der Waals surface area (Å²) in [6, 6.07) is 9.34. The van der Waals surface area contributed by atoms with E-state index in [1.807, 2.05) is 0 Å². The first-order valence-corrected chi connectivity index (χ1v) is 9.42. The van der Waals surface area contributed by atoms with Crippen LogP contribution in [-0.4, -0.2) is 50.1 Å². The number of piperazine rings is 1. The number of ether oxygens (including phenoxy) is 2. The molecule has 0 aromatic heterocycles. The van der Waals surface area contributed by atoms with Crippen LogP contribution in [0, 0.1) is 0 Å². The monoisotopic (exact) mass is 422 g/mol. The first-order chi connectivity index (χ1) is 13.4. The first-order valence-electron chi connectivity index (χ1n) is 8.66. The molecule has 8 heteroatoms. The highest BCUT2D eigenvalue weighted by Gasteiger charge is 2.36. The van der Waals surface area contributed by atoms with E-state index in [0.717, 1.165) is 0 Å². The Hall–Kier alpha value is -2.44. The van der Waals surface area contributed by atoms with Crippen LogP contribution in [0.1, 0.15) is 17.3 Å². The highest BCUT2D eigenvalue weighted by Crippen LogP contribution is 2.33. The van der Waals surface area contributed by atoms with Gasteiger partial charge in [0.15, 0.2) is 11.5 Å². The van der Waals surface area contributed by atoms with Crippen molar-refractivity contribution >= 4 is 40.7 Å². The zero-order chi connectivity index (χ0) is 20.4. The summed E-state index contributed by atoms with van der Waals surface area (Å²) in [5.41, 5.74) is 1.01. The third kappa shape index (κ3) is 3.75. The van der Waals surface area contributed by atoms with Crippen LogP contribution in [0.4, 0.5) is 5.69 Å². The van der Waals surface area contributed by atoms with Crippen molar-refractivity contribution in [3.05, 3.63) is 52.0 Å². The van der Waals surface area contributed by atoms with Gasteiger partial charge in [-0.15, -0.1) is 0 Å². The molecule has 1 heterocycles. The van der Waals surface area contributed by atoms with E-state index in [1.54, 1.807) is 56.4 Å². The fourth-order valence-electron chi connectivity index (χ4n) is 3.21. The van der Waals surface area contributed by atoms with E-state index < -0.39 is 6.04 Å². The second-order valence-electron chi connectivity index (χ2n) is 6.33. The van der Waals surface area contributed by atoms with Crippen molar-refractivity contribution < 1.29 is 19.1 Å². The topological polar surface area (TPSA) is 59.1 Å². The number of nitrogens with zero attached hydrogens (tertiary/aromatic N) is 2. The maximum atomic E-state index is 13.0. The van der Waals surface area contributed by atoms with Gasteiger partial charge in [0.05, 0.1) is 24.8 Å². The highest BCUT2D eigenvalue weighted by molar-refractivity contribution is 6.36. The van der Waals surface area contributed by atoms with Gasteiger partial charge >= 0.3 is 0 Å². The summed E-state index contributed by atoms with van der Waals surface area (Å²) in [5, 5.41) is 0.711. The van der Waals surface area contributed by atoms with Gasteiger partial charge in [-0.2, -0.15) is 0 Å². The normalized spacial score (nSPS) is 16.9. The van der Waals surface area contributed by atoms with Gasteiger partial charge in [0.1, 0.15) is 6.04 Å². The number of rotatable bonds is 4. The van der Waals surface area contributed by atoms with E-state index >= 15 is 0 Å². The maximum Gasteiger partial charge on any atom is 0.256 e. The van der Waals surface area contributed by atoms with E-state index in [0.29, 0.717) is 40.9 Å². The number of methoxy groups -OCH3 is 2. The summed E-state index contributed by atoms with van der Waals surface area (Å²) < 4.78 is 10.6. The summed E-state index contributed by atoms with van der Waals surface area (Å²) in [7, 11) is 3.09. The van der Waals surface area contributed by atoms with Crippen LogP contribution in [0.25, 0.3) is 0 Å². The number of hydrogen-bond donors (Lipinski definition) is 0. The molecule has 1 fully saturated rings. The molecule has 0 radical (unpaired) electrons. The minimum atomic E-state index is -0.638. The molecule has 0 bridgehead atoms. The molecule has 3 rings (SSSR count). The Labute approximate surface area is 173 Å². The van der Waals surface area contributed by atoms with Crippen molar-refractivity contribution in [2.45, 2.75) is 13.0 Å². The second kappa shape index (κ2) is 8.29. The van der Waals surface area contributed by atoms with E-state index in [-0.39, 0.29) is 16.8 Å². The largest absolute Gasteiger partial charge is 0.493 e. The molecular formula is C20H20Cl2N2O4. The Morgan fingerprint density at radius 1 is 1.04 bits per heavy atom. The van der Waals surface area contributed by atoms with E-state index in [2.05, 4.69) is 0 Å². The Morgan fingerprint density at radius 2 is 1.75 bits per heavy atom. The Balaban J connectivity index is 1.83. The van der Waals surface area contributed by atoms with E-state index in [9.17, 15) is 9.59 Å². The van der Waals surface area contributed by atoms with Gasteiger partial charge in [0.2, 0.25) is 5.91 Å². The average molecular weight is 423 g/mol. The Kier molecular flexibility index (Phi) is 6.01. The van der Waals surface area contributed by atoms with Crippen molar-refractivity contribution in [1.82, 2.24) is 4.90 Å². The predicted octanol–water partition coefficient (Wildman–Crippen LogP) is 3.89. The molecule has 2 amide bonds. The number of hydrogen-bond acceptors (Lipinski definition) is 4. The van der Waals surface area contributed by atoms with Crippen LogP contribution >= 0.6 is 23.2 Å². The molecule has 0 spiro atoms. The molecule has 0 saturated carbocycles. The van der Waals surface area contributed by atoms with Gasteiger partial charge in [-0.25, -0.2) is 0 Å². The van der Waals surface area contributed by atoms with Gasteiger partial charge in [0, 0.05) is 29.9 Å². The summed E-state index contributed by atoms with van der Waals surface area (Å²) in [6.45, 7) is 2.44. The van der Waals surface area contributed by atoms with Crippen LogP contribution in [0.15, 0.2) is 36.4 Å². The minimum absolute atomic E-state index is 0.183. The van der Waals surface area contributed by atoms with Gasteiger partial charge in [0.25, 0.3) is 5.91 Å². The number of amides is 2. The fraction of sp³-hybridized carbons (Fsp3) is 0.300.